The van der Waals surface area contributed by atoms with Gasteiger partial charge in [-0.3, -0.25) is 4.79 Å². The van der Waals surface area contributed by atoms with E-state index in [2.05, 4.69) is 13.8 Å². The van der Waals surface area contributed by atoms with Crippen molar-refractivity contribution in [3.05, 3.63) is 0 Å². The van der Waals surface area contributed by atoms with Crippen molar-refractivity contribution in [3.63, 3.8) is 0 Å². The van der Waals surface area contributed by atoms with Crippen LogP contribution in [0.25, 0.3) is 0 Å². The first-order valence-electron chi connectivity index (χ1n) is 4.90. The van der Waals surface area contributed by atoms with E-state index < -0.39 is 5.97 Å². The molecule has 14 heavy (non-hydrogen) atoms. The van der Waals surface area contributed by atoms with Gasteiger partial charge in [0.2, 0.25) is 0 Å². The Morgan fingerprint density at radius 3 is 2.43 bits per heavy atom. The third-order valence-corrected chi connectivity index (χ3v) is 2.45. The van der Waals surface area contributed by atoms with E-state index in [1.54, 1.807) is 0 Å². The van der Waals surface area contributed by atoms with Crippen molar-refractivity contribution in [1.29, 1.82) is 0 Å². The zero-order valence-electron chi connectivity index (χ0n) is 9.58. The number of nitrogens with two attached hydrogens (primary N) is 1. The minimum absolute atomic E-state index is 0.0432. The minimum Gasteiger partial charge on any atom is -0.481 e. The summed E-state index contributed by atoms with van der Waals surface area (Å²) < 4.78 is 0. The number of nitrogens with zero attached hydrogens (tertiary/aromatic N) is 1. The maximum absolute atomic E-state index is 10.5. The molecule has 0 saturated carbocycles. The molecule has 1 atom stereocenters. The quantitative estimate of drug-likeness (QED) is 0.667. The Kier molecular flexibility index (Phi) is 5.08. The molecule has 0 aromatic heterocycles. The maximum atomic E-state index is 10.5. The van der Waals surface area contributed by atoms with Crippen LogP contribution in [0.5, 0.6) is 0 Å². The van der Waals surface area contributed by atoms with Gasteiger partial charge in [-0.25, -0.2) is 0 Å². The van der Waals surface area contributed by atoms with E-state index in [0.29, 0.717) is 6.54 Å². The van der Waals surface area contributed by atoms with Gasteiger partial charge in [0.25, 0.3) is 0 Å². The van der Waals surface area contributed by atoms with Crippen LogP contribution in [0.1, 0.15) is 27.2 Å². The molecule has 84 valence electrons. The highest BCUT2D eigenvalue weighted by Gasteiger charge is 2.21. The zero-order chi connectivity index (χ0) is 11.4. The number of hydrogen-bond acceptors (Lipinski definition) is 3. The van der Waals surface area contributed by atoms with Gasteiger partial charge in [0.05, 0.1) is 6.42 Å². The molecule has 4 nitrogen and oxygen atoms in total. The van der Waals surface area contributed by atoms with Crippen LogP contribution < -0.4 is 5.73 Å². The lowest BCUT2D eigenvalue weighted by molar-refractivity contribution is -0.138. The predicted molar refractivity (Wildman–Crippen MR) is 57.2 cm³/mol. The third kappa shape index (κ3) is 5.19. The lowest BCUT2D eigenvalue weighted by atomic mass is 9.92. The average Bonchev–Trinajstić information content (AvgIpc) is 2.02. The maximum Gasteiger partial charge on any atom is 0.304 e. The second kappa shape index (κ2) is 5.32. The molecule has 0 aliphatic carbocycles. The van der Waals surface area contributed by atoms with Gasteiger partial charge in [-0.15, -0.1) is 0 Å². The summed E-state index contributed by atoms with van der Waals surface area (Å²) in [6.45, 7) is 7.50. The van der Waals surface area contributed by atoms with Gasteiger partial charge in [0.15, 0.2) is 0 Å². The Labute approximate surface area is 86.1 Å². The number of rotatable bonds is 6. The van der Waals surface area contributed by atoms with Crippen molar-refractivity contribution in [2.75, 3.05) is 20.1 Å². The van der Waals surface area contributed by atoms with Crippen molar-refractivity contribution >= 4 is 5.97 Å². The van der Waals surface area contributed by atoms with Gasteiger partial charge in [0.1, 0.15) is 0 Å². The summed E-state index contributed by atoms with van der Waals surface area (Å²) in [4.78, 5) is 12.5. The second-order valence-corrected chi connectivity index (χ2v) is 4.73. The second-order valence-electron chi connectivity index (χ2n) is 4.73. The molecular formula is C10H22N2O2. The lowest BCUT2D eigenvalue weighted by Gasteiger charge is -2.32. The van der Waals surface area contributed by atoms with Crippen LogP contribution >= 0.6 is 0 Å². The van der Waals surface area contributed by atoms with Crippen molar-refractivity contribution in [2.45, 2.75) is 33.2 Å². The Hall–Kier alpha value is -0.610. The van der Waals surface area contributed by atoms with E-state index in [9.17, 15) is 4.79 Å². The Morgan fingerprint density at radius 1 is 1.57 bits per heavy atom. The molecule has 0 radical (unpaired) electrons. The fourth-order valence-corrected chi connectivity index (χ4v) is 1.30. The molecule has 1 unspecified atom stereocenters. The van der Waals surface area contributed by atoms with Gasteiger partial charge in [0, 0.05) is 12.6 Å². The van der Waals surface area contributed by atoms with Crippen LogP contribution in [0, 0.1) is 5.41 Å². The monoisotopic (exact) mass is 202 g/mol. The number of carboxylic acid groups (broad SMARTS) is 1. The van der Waals surface area contributed by atoms with Crippen molar-refractivity contribution < 1.29 is 9.90 Å². The van der Waals surface area contributed by atoms with Gasteiger partial charge in [-0.05, 0) is 25.9 Å². The van der Waals surface area contributed by atoms with Gasteiger partial charge >= 0.3 is 5.97 Å². The third-order valence-electron chi connectivity index (χ3n) is 2.45. The predicted octanol–water partition coefficient (Wildman–Crippen LogP) is 0.766. The molecule has 0 rings (SSSR count). The van der Waals surface area contributed by atoms with Crippen LogP contribution in [0.2, 0.25) is 0 Å². The van der Waals surface area contributed by atoms with Gasteiger partial charge < -0.3 is 15.7 Å². The van der Waals surface area contributed by atoms with Crippen LogP contribution in [-0.4, -0.2) is 42.2 Å². The Balaban J connectivity index is 4.06. The average molecular weight is 202 g/mol. The largest absolute Gasteiger partial charge is 0.481 e. The molecule has 0 spiro atoms. The molecule has 0 bridgehead atoms. The summed E-state index contributed by atoms with van der Waals surface area (Å²) in [7, 11) is 1.94. The van der Waals surface area contributed by atoms with Crippen LogP contribution in [0.3, 0.4) is 0 Å². The molecule has 0 aromatic carbocycles. The highest BCUT2D eigenvalue weighted by Crippen LogP contribution is 2.16. The highest BCUT2D eigenvalue weighted by atomic mass is 16.4. The zero-order valence-corrected chi connectivity index (χ0v) is 9.58. The minimum atomic E-state index is -0.755. The normalized spacial score (nSPS) is 14.4. The van der Waals surface area contributed by atoms with Crippen molar-refractivity contribution in [2.24, 2.45) is 11.1 Å². The van der Waals surface area contributed by atoms with E-state index in [1.165, 1.54) is 0 Å². The van der Waals surface area contributed by atoms with E-state index in [0.717, 1.165) is 6.54 Å². The van der Waals surface area contributed by atoms with Crippen molar-refractivity contribution in [3.8, 4) is 0 Å². The molecule has 3 N–H and O–H groups in total. The number of hydrogen-bond donors (Lipinski definition) is 2. The van der Waals surface area contributed by atoms with Crippen LogP contribution in [-0.2, 0) is 4.79 Å². The molecule has 0 aliphatic heterocycles. The molecular weight excluding hydrogens is 180 g/mol. The number of carbonyl (C=O) groups is 1. The summed E-state index contributed by atoms with van der Waals surface area (Å²) in [6.07, 6.45) is 0.178. The van der Waals surface area contributed by atoms with Gasteiger partial charge in [-0.2, -0.15) is 0 Å². The summed E-state index contributed by atoms with van der Waals surface area (Å²) in [5, 5.41) is 8.64. The lowest BCUT2D eigenvalue weighted by Crippen LogP contribution is -2.41. The first-order valence-corrected chi connectivity index (χ1v) is 4.90. The standard InChI is InChI=1S/C10H22N2O2/c1-8(5-9(13)14)12(4)7-10(2,3)6-11/h8H,5-7,11H2,1-4H3,(H,13,14). The first kappa shape index (κ1) is 13.4. The molecule has 0 aliphatic rings. The molecule has 0 saturated heterocycles. The smallest absolute Gasteiger partial charge is 0.304 e. The Morgan fingerprint density at radius 2 is 2.07 bits per heavy atom. The number of aliphatic carboxylic acids is 1. The summed E-state index contributed by atoms with van der Waals surface area (Å²) in [5.41, 5.74) is 5.66. The van der Waals surface area contributed by atoms with E-state index in [-0.39, 0.29) is 17.9 Å². The van der Waals surface area contributed by atoms with E-state index in [4.69, 9.17) is 10.8 Å². The fourth-order valence-electron chi connectivity index (χ4n) is 1.30. The molecule has 0 fully saturated rings. The van der Waals surface area contributed by atoms with Gasteiger partial charge in [-0.1, -0.05) is 13.8 Å². The molecule has 0 heterocycles. The number of carboxylic acids is 1. The first-order chi connectivity index (χ1) is 6.28. The summed E-state index contributed by atoms with van der Waals surface area (Å²) >= 11 is 0. The van der Waals surface area contributed by atoms with Crippen LogP contribution in [0.15, 0.2) is 0 Å². The SMILES string of the molecule is CC(CC(=O)O)N(C)CC(C)(C)CN. The topological polar surface area (TPSA) is 66.6 Å². The molecule has 4 heteroatoms. The highest BCUT2D eigenvalue weighted by molar-refractivity contribution is 5.67. The summed E-state index contributed by atoms with van der Waals surface area (Å²) in [6, 6.07) is 0.0540. The molecule has 0 aromatic rings. The van der Waals surface area contributed by atoms with E-state index >= 15 is 0 Å². The Bertz CT molecular complexity index is 193. The van der Waals surface area contributed by atoms with E-state index in [1.807, 2.05) is 18.9 Å². The fraction of sp³-hybridized carbons (Fsp3) is 0.900. The van der Waals surface area contributed by atoms with Crippen LogP contribution in [0.4, 0.5) is 0 Å². The van der Waals surface area contributed by atoms with Crippen molar-refractivity contribution in [1.82, 2.24) is 4.90 Å². The molecule has 0 amide bonds. The summed E-state index contributed by atoms with van der Waals surface area (Å²) in [5.74, 6) is -0.755.